The van der Waals surface area contributed by atoms with Gasteiger partial charge in [0.2, 0.25) is 5.91 Å². The summed E-state index contributed by atoms with van der Waals surface area (Å²) in [5, 5.41) is 6.02. The van der Waals surface area contributed by atoms with Gasteiger partial charge >= 0.3 is 5.97 Å². The first-order chi connectivity index (χ1) is 11.4. The Labute approximate surface area is 143 Å². The minimum Gasteiger partial charge on any atom is -0.462 e. The zero-order valence-electron chi connectivity index (χ0n) is 13.7. The van der Waals surface area contributed by atoms with Gasteiger partial charge in [-0.25, -0.2) is 9.18 Å². The molecule has 1 aromatic carbocycles. The van der Waals surface area contributed by atoms with Gasteiger partial charge in [0, 0.05) is 10.6 Å². The summed E-state index contributed by atoms with van der Waals surface area (Å²) >= 11 is 1.33. The van der Waals surface area contributed by atoms with Crippen molar-refractivity contribution in [3.05, 3.63) is 46.1 Å². The van der Waals surface area contributed by atoms with Gasteiger partial charge in [0.05, 0.1) is 18.7 Å². The van der Waals surface area contributed by atoms with Crippen molar-refractivity contribution in [2.24, 2.45) is 0 Å². The molecule has 0 atom stereocenters. The van der Waals surface area contributed by atoms with E-state index < -0.39 is 5.97 Å². The molecule has 0 aliphatic carbocycles. The molecule has 0 fully saturated rings. The van der Waals surface area contributed by atoms with Gasteiger partial charge in [-0.05, 0) is 44.5 Å². The smallest absolute Gasteiger partial charge is 0.341 e. The molecule has 0 radical (unpaired) electrons. The average molecular weight is 350 g/mol. The second-order valence-corrected chi connectivity index (χ2v) is 6.34. The molecule has 1 heterocycles. The van der Waals surface area contributed by atoms with Crippen molar-refractivity contribution in [2.75, 3.05) is 23.8 Å². The predicted molar refractivity (Wildman–Crippen MR) is 93.3 cm³/mol. The third kappa shape index (κ3) is 4.32. The zero-order valence-corrected chi connectivity index (χ0v) is 14.6. The number of hydrogen-bond acceptors (Lipinski definition) is 5. The van der Waals surface area contributed by atoms with E-state index in [4.69, 9.17) is 4.74 Å². The van der Waals surface area contributed by atoms with Crippen LogP contribution in [0.2, 0.25) is 0 Å². The summed E-state index contributed by atoms with van der Waals surface area (Å²) in [5.74, 6) is -1.16. The fourth-order valence-corrected chi connectivity index (χ4v) is 3.18. The Morgan fingerprint density at radius 1 is 1.29 bits per heavy atom. The third-order valence-electron chi connectivity index (χ3n) is 3.40. The molecule has 128 valence electrons. The molecule has 2 aromatic rings. The first kappa shape index (κ1) is 17.9. The molecule has 1 amide bonds. The number of thiophene rings is 1. The van der Waals surface area contributed by atoms with Crippen LogP contribution in [-0.4, -0.2) is 25.0 Å². The molecule has 0 saturated carbocycles. The van der Waals surface area contributed by atoms with Crippen molar-refractivity contribution in [1.29, 1.82) is 0 Å². The fourth-order valence-electron chi connectivity index (χ4n) is 2.12. The maximum atomic E-state index is 13.1. The molecule has 5 nitrogen and oxygen atoms in total. The van der Waals surface area contributed by atoms with Crippen molar-refractivity contribution < 1.29 is 18.7 Å². The van der Waals surface area contributed by atoms with E-state index in [1.165, 1.54) is 23.5 Å². The summed E-state index contributed by atoms with van der Waals surface area (Å²) in [6, 6.07) is 5.85. The van der Waals surface area contributed by atoms with Crippen LogP contribution in [0, 0.1) is 19.7 Å². The van der Waals surface area contributed by atoms with E-state index in [1.54, 1.807) is 19.1 Å². The molecular formula is C17H19FN2O3S. The molecule has 0 aliphatic heterocycles. The minimum atomic E-state index is -0.451. The Hall–Kier alpha value is -2.41. The number of hydrogen-bond donors (Lipinski definition) is 2. The maximum Gasteiger partial charge on any atom is 0.341 e. The highest BCUT2D eigenvalue weighted by Gasteiger charge is 2.21. The van der Waals surface area contributed by atoms with Gasteiger partial charge in [0.1, 0.15) is 10.8 Å². The van der Waals surface area contributed by atoms with Gasteiger partial charge in [-0.2, -0.15) is 0 Å². The third-order valence-corrected chi connectivity index (χ3v) is 4.52. The molecule has 0 spiro atoms. The second-order valence-electron chi connectivity index (χ2n) is 5.12. The molecule has 2 rings (SSSR count). The number of halogens is 1. The first-order valence-corrected chi connectivity index (χ1v) is 8.30. The Kier molecular flexibility index (Phi) is 5.92. The monoisotopic (exact) mass is 350 g/mol. The van der Waals surface area contributed by atoms with Crippen LogP contribution in [0.5, 0.6) is 0 Å². The fraction of sp³-hybridized carbons (Fsp3) is 0.294. The summed E-state index contributed by atoms with van der Waals surface area (Å²) in [4.78, 5) is 25.1. The van der Waals surface area contributed by atoms with E-state index in [9.17, 15) is 14.0 Å². The number of benzene rings is 1. The Morgan fingerprint density at radius 2 is 2.04 bits per heavy atom. The first-order valence-electron chi connectivity index (χ1n) is 7.48. The Bertz CT molecular complexity index is 758. The van der Waals surface area contributed by atoms with E-state index in [-0.39, 0.29) is 24.9 Å². The van der Waals surface area contributed by atoms with Gasteiger partial charge < -0.3 is 15.4 Å². The lowest BCUT2D eigenvalue weighted by molar-refractivity contribution is -0.114. The van der Waals surface area contributed by atoms with Crippen molar-refractivity contribution in [3.8, 4) is 0 Å². The zero-order chi connectivity index (χ0) is 17.7. The number of ether oxygens (including phenoxy) is 1. The normalized spacial score (nSPS) is 10.3. The van der Waals surface area contributed by atoms with Gasteiger partial charge in [-0.3, -0.25) is 4.79 Å². The van der Waals surface area contributed by atoms with Crippen molar-refractivity contribution in [2.45, 2.75) is 20.8 Å². The standard InChI is InChI=1S/C17H19FN2O3S/c1-4-23-17(22)15-10(2)11(3)24-16(15)20-14(21)9-19-13-7-5-6-12(18)8-13/h5-8,19H,4,9H2,1-3H3,(H,20,21). The van der Waals surface area contributed by atoms with E-state index in [2.05, 4.69) is 10.6 Å². The highest BCUT2D eigenvalue weighted by atomic mass is 32.1. The van der Waals surface area contributed by atoms with E-state index >= 15 is 0 Å². The van der Waals surface area contributed by atoms with Gasteiger partial charge in [-0.15, -0.1) is 11.3 Å². The van der Waals surface area contributed by atoms with E-state index in [0.29, 0.717) is 16.3 Å². The van der Waals surface area contributed by atoms with Crippen molar-refractivity contribution in [3.63, 3.8) is 0 Å². The summed E-state index contributed by atoms with van der Waals surface area (Å²) in [7, 11) is 0. The predicted octanol–water partition coefficient (Wildman–Crippen LogP) is 3.73. The number of carbonyl (C=O) groups is 2. The molecule has 7 heteroatoms. The molecule has 0 saturated heterocycles. The lowest BCUT2D eigenvalue weighted by Gasteiger charge is -2.09. The van der Waals surface area contributed by atoms with Crippen molar-refractivity contribution >= 4 is 33.9 Å². The number of amides is 1. The summed E-state index contributed by atoms with van der Waals surface area (Å²) in [6.45, 7) is 5.65. The topological polar surface area (TPSA) is 67.4 Å². The Morgan fingerprint density at radius 3 is 2.71 bits per heavy atom. The summed E-state index contributed by atoms with van der Waals surface area (Å²) in [5.41, 5.74) is 1.69. The lowest BCUT2D eigenvalue weighted by Crippen LogP contribution is -2.22. The van der Waals surface area contributed by atoms with Crippen LogP contribution in [0.3, 0.4) is 0 Å². The highest BCUT2D eigenvalue weighted by Crippen LogP contribution is 2.33. The molecule has 0 aliphatic rings. The van der Waals surface area contributed by atoms with Crippen LogP contribution in [-0.2, 0) is 9.53 Å². The van der Waals surface area contributed by atoms with Crippen LogP contribution in [0.15, 0.2) is 24.3 Å². The lowest BCUT2D eigenvalue weighted by atomic mass is 10.1. The van der Waals surface area contributed by atoms with Gasteiger partial charge in [-0.1, -0.05) is 6.07 Å². The second kappa shape index (κ2) is 7.92. The average Bonchev–Trinajstić information content (AvgIpc) is 2.80. The Balaban J connectivity index is 2.06. The molecule has 0 unspecified atom stereocenters. The number of esters is 1. The number of carbonyl (C=O) groups excluding carboxylic acids is 2. The van der Waals surface area contributed by atoms with Crippen LogP contribution >= 0.6 is 11.3 Å². The molecular weight excluding hydrogens is 331 g/mol. The van der Waals surface area contributed by atoms with Crippen LogP contribution < -0.4 is 10.6 Å². The molecule has 24 heavy (non-hydrogen) atoms. The minimum absolute atomic E-state index is 0.0400. The molecule has 0 bridgehead atoms. The molecule has 2 N–H and O–H groups in total. The van der Waals surface area contributed by atoms with Crippen LogP contribution in [0.1, 0.15) is 27.7 Å². The number of rotatable bonds is 6. The van der Waals surface area contributed by atoms with Gasteiger partial charge in [0.25, 0.3) is 0 Å². The quantitative estimate of drug-likeness (QED) is 0.779. The summed E-state index contributed by atoms with van der Waals surface area (Å²) in [6.07, 6.45) is 0. The number of aryl methyl sites for hydroxylation is 1. The summed E-state index contributed by atoms with van der Waals surface area (Å²) < 4.78 is 18.2. The van der Waals surface area contributed by atoms with E-state index in [1.807, 2.05) is 13.8 Å². The number of anilines is 2. The van der Waals surface area contributed by atoms with Crippen LogP contribution in [0.4, 0.5) is 15.1 Å². The SMILES string of the molecule is CCOC(=O)c1c(NC(=O)CNc2cccc(F)c2)sc(C)c1C. The highest BCUT2D eigenvalue weighted by molar-refractivity contribution is 7.16. The largest absolute Gasteiger partial charge is 0.462 e. The van der Waals surface area contributed by atoms with E-state index in [0.717, 1.165) is 10.4 Å². The number of nitrogens with one attached hydrogen (secondary N) is 2. The van der Waals surface area contributed by atoms with Gasteiger partial charge in [0.15, 0.2) is 0 Å². The van der Waals surface area contributed by atoms with Crippen LogP contribution in [0.25, 0.3) is 0 Å². The molecule has 1 aromatic heterocycles. The van der Waals surface area contributed by atoms with Crippen molar-refractivity contribution in [1.82, 2.24) is 0 Å². The maximum absolute atomic E-state index is 13.1.